The van der Waals surface area contributed by atoms with Gasteiger partial charge in [0.2, 0.25) is 17.7 Å². The lowest BCUT2D eigenvalue weighted by atomic mass is 9.94. The van der Waals surface area contributed by atoms with Crippen LogP contribution in [0.15, 0.2) is 48.5 Å². The molecule has 0 radical (unpaired) electrons. The first-order valence-corrected chi connectivity index (χ1v) is 11.1. The minimum atomic E-state index is -0.328. The first-order chi connectivity index (χ1) is 15.4. The lowest BCUT2D eigenvalue weighted by Gasteiger charge is -2.33. The lowest BCUT2D eigenvalue weighted by molar-refractivity contribution is -0.138. The third-order valence-electron chi connectivity index (χ3n) is 6.33. The van der Waals surface area contributed by atoms with Crippen LogP contribution in [0.3, 0.4) is 0 Å². The van der Waals surface area contributed by atoms with E-state index in [1.54, 1.807) is 18.1 Å². The molecule has 2 aromatic carbocycles. The van der Waals surface area contributed by atoms with E-state index in [-0.39, 0.29) is 36.0 Å². The molecule has 7 heteroatoms. The molecule has 2 fully saturated rings. The Balaban J connectivity index is 1.30. The summed E-state index contributed by atoms with van der Waals surface area (Å²) in [4.78, 5) is 41.7. The Morgan fingerprint density at radius 3 is 2.44 bits per heavy atom. The van der Waals surface area contributed by atoms with Crippen LogP contribution in [0.5, 0.6) is 5.75 Å². The van der Waals surface area contributed by atoms with Gasteiger partial charge >= 0.3 is 0 Å². The highest BCUT2D eigenvalue weighted by molar-refractivity contribution is 6.00. The molecule has 2 aliphatic heterocycles. The molecule has 3 amide bonds. The predicted molar refractivity (Wildman–Crippen MR) is 123 cm³/mol. The van der Waals surface area contributed by atoms with Crippen molar-refractivity contribution in [1.29, 1.82) is 0 Å². The Morgan fingerprint density at radius 2 is 1.75 bits per heavy atom. The van der Waals surface area contributed by atoms with Gasteiger partial charge in [0.25, 0.3) is 0 Å². The highest BCUT2D eigenvalue weighted by Crippen LogP contribution is 2.28. The average molecular weight is 436 g/mol. The largest absolute Gasteiger partial charge is 0.497 e. The van der Waals surface area contributed by atoms with Crippen LogP contribution in [-0.2, 0) is 14.4 Å². The number of anilines is 2. The van der Waals surface area contributed by atoms with Gasteiger partial charge in [0.1, 0.15) is 5.75 Å². The number of ether oxygens (including phenoxy) is 1. The maximum atomic E-state index is 13.0. The summed E-state index contributed by atoms with van der Waals surface area (Å²) < 4.78 is 5.20. The number of carbonyl (C=O) groups excluding carboxylic acids is 3. The maximum Gasteiger partial charge on any atom is 0.228 e. The number of likely N-dealkylation sites (tertiary alicyclic amines) is 1. The van der Waals surface area contributed by atoms with Gasteiger partial charge in [-0.05, 0) is 44.0 Å². The molecular weight excluding hydrogens is 406 g/mol. The molecule has 7 nitrogen and oxygen atoms in total. The van der Waals surface area contributed by atoms with Gasteiger partial charge in [0, 0.05) is 49.4 Å². The van der Waals surface area contributed by atoms with Gasteiger partial charge in [0.15, 0.2) is 0 Å². The van der Waals surface area contributed by atoms with E-state index in [4.69, 9.17) is 4.74 Å². The van der Waals surface area contributed by atoms with Crippen LogP contribution in [0.1, 0.15) is 24.8 Å². The highest BCUT2D eigenvalue weighted by Gasteiger charge is 2.38. The van der Waals surface area contributed by atoms with E-state index in [1.807, 2.05) is 54.3 Å². The van der Waals surface area contributed by atoms with Crippen molar-refractivity contribution in [3.05, 3.63) is 54.1 Å². The lowest BCUT2D eigenvalue weighted by Crippen LogP contribution is -2.44. The number of benzene rings is 2. The van der Waals surface area contributed by atoms with Crippen LogP contribution in [-0.4, -0.2) is 49.4 Å². The van der Waals surface area contributed by atoms with E-state index in [9.17, 15) is 14.4 Å². The minimum absolute atomic E-state index is 0.0135. The Kier molecular flexibility index (Phi) is 6.44. The van der Waals surface area contributed by atoms with Crippen LogP contribution in [0.4, 0.5) is 11.4 Å². The standard InChI is InChI=1S/C25H29N3O4/c1-17-6-8-21(9-7-17)28-16-19(14-23(28)29)25(31)27-12-10-18(11-13-27)24(30)26-20-4-3-5-22(15-20)32-2/h3-9,15,18-19H,10-14,16H2,1-2H3,(H,26,30)/t19-/m0/s1. The number of aryl methyl sites for hydroxylation is 1. The molecule has 0 saturated carbocycles. The summed E-state index contributed by atoms with van der Waals surface area (Å²) in [7, 11) is 1.59. The van der Waals surface area contributed by atoms with Crippen molar-refractivity contribution in [2.45, 2.75) is 26.2 Å². The van der Waals surface area contributed by atoms with E-state index in [0.717, 1.165) is 11.3 Å². The van der Waals surface area contributed by atoms with E-state index >= 15 is 0 Å². The zero-order chi connectivity index (χ0) is 22.7. The summed E-state index contributed by atoms with van der Waals surface area (Å²) in [6.45, 7) is 3.48. The fraction of sp³-hybridized carbons (Fsp3) is 0.400. The Hall–Kier alpha value is -3.35. The zero-order valence-electron chi connectivity index (χ0n) is 18.5. The molecule has 1 N–H and O–H groups in total. The number of piperidine rings is 1. The van der Waals surface area contributed by atoms with E-state index < -0.39 is 0 Å². The van der Waals surface area contributed by atoms with Crippen molar-refractivity contribution in [3.63, 3.8) is 0 Å². The van der Waals surface area contributed by atoms with Gasteiger partial charge in [0.05, 0.1) is 13.0 Å². The normalized spacial score (nSPS) is 19.2. The zero-order valence-corrected chi connectivity index (χ0v) is 18.5. The van der Waals surface area contributed by atoms with Gasteiger partial charge in [-0.3, -0.25) is 14.4 Å². The molecule has 0 bridgehead atoms. The number of nitrogens with one attached hydrogen (secondary N) is 1. The van der Waals surface area contributed by atoms with E-state index in [0.29, 0.717) is 43.9 Å². The van der Waals surface area contributed by atoms with Crippen molar-refractivity contribution < 1.29 is 19.1 Å². The van der Waals surface area contributed by atoms with Crippen LogP contribution in [0, 0.1) is 18.8 Å². The molecule has 0 spiro atoms. The van der Waals surface area contributed by atoms with Gasteiger partial charge < -0.3 is 19.9 Å². The third-order valence-corrected chi connectivity index (χ3v) is 6.33. The summed E-state index contributed by atoms with van der Waals surface area (Å²) in [5.41, 5.74) is 2.67. The van der Waals surface area contributed by atoms with Crippen molar-refractivity contribution in [3.8, 4) is 5.75 Å². The Labute approximate surface area is 188 Å². The summed E-state index contributed by atoms with van der Waals surface area (Å²) in [6.07, 6.45) is 1.47. The van der Waals surface area contributed by atoms with Gasteiger partial charge in [-0.25, -0.2) is 0 Å². The van der Waals surface area contributed by atoms with Gasteiger partial charge in [-0.1, -0.05) is 23.8 Å². The predicted octanol–water partition coefficient (Wildman–Crippen LogP) is 3.23. The van der Waals surface area contributed by atoms with Crippen LogP contribution < -0.4 is 15.0 Å². The first-order valence-electron chi connectivity index (χ1n) is 11.1. The highest BCUT2D eigenvalue weighted by atomic mass is 16.5. The van der Waals surface area contributed by atoms with Crippen molar-refractivity contribution in [2.24, 2.45) is 11.8 Å². The van der Waals surface area contributed by atoms with Crippen molar-refractivity contribution in [1.82, 2.24) is 4.90 Å². The molecule has 0 aliphatic carbocycles. The Morgan fingerprint density at radius 1 is 1.03 bits per heavy atom. The minimum Gasteiger partial charge on any atom is -0.497 e. The summed E-state index contributed by atoms with van der Waals surface area (Å²) in [6, 6.07) is 15.1. The number of nitrogens with zero attached hydrogens (tertiary/aromatic N) is 2. The second kappa shape index (κ2) is 9.42. The molecule has 0 unspecified atom stereocenters. The second-order valence-electron chi connectivity index (χ2n) is 8.56. The van der Waals surface area contributed by atoms with Crippen LogP contribution in [0.25, 0.3) is 0 Å². The van der Waals surface area contributed by atoms with Crippen LogP contribution >= 0.6 is 0 Å². The fourth-order valence-corrected chi connectivity index (χ4v) is 4.41. The molecule has 1 atom stereocenters. The monoisotopic (exact) mass is 435 g/mol. The average Bonchev–Trinajstić information content (AvgIpc) is 3.20. The molecule has 168 valence electrons. The summed E-state index contributed by atoms with van der Waals surface area (Å²) in [5, 5.41) is 2.95. The number of amides is 3. The molecule has 4 rings (SSSR count). The number of hydrogen-bond donors (Lipinski definition) is 1. The van der Waals surface area contributed by atoms with Crippen molar-refractivity contribution >= 4 is 29.1 Å². The third kappa shape index (κ3) is 4.77. The number of rotatable bonds is 5. The molecule has 2 aromatic rings. The smallest absolute Gasteiger partial charge is 0.228 e. The quantitative estimate of drug-likeness (QED) is 0.782. The van der Waals surface area contributed by atoms with Gasteiger partial charge in [-0.15, -0.1) is 0 Å². The topological polar surface area (TPSA) is 79.0 Å². The SMILES string of the molecule is COc1cccc(NC(=O)C2CCN(C(=O)[C@H]3CC(=O)N(c4ccc(C)cc4)C3)CC2)c1. The molecule has 2 saturated heterocycles. The second-order valence-corrected chi connectivity index (χ2v) is 8.56. The van der Waals surface area contributed by atoms with E-state index in [1.165, 1.54) is 0 Å². The van der Waals surface area contributed by atoms with Crippen molar-refractivity contribution in [2.75, 3.05) is 37.0 Å². The molecule has 2 heterocycles. The maximum absolute atomic E-state index is 13.0. The Bertz CT molecular complexity index is 997. The number of carbonyl (C=O) groups is 3. The molecular formula is C25H29N3O4. The van der Waals surface area contributed by atoms with E-state index in [2.05, 4.69) is 5.32 Å². The molecule has 0 aromatic heterocycles. The first kappa shape index (κ1) is 21.9. The number of hydrogen-bond acceptors (Lipinski definition) is 4. The summed E-state index contributed by atoms with van der Waals surface area (Å²) in [5.74, 6) is 0.186. The molecule has 2 aliphatic rings. The van der Waals surface area contributed by atoms with Crippen LogP contribution in [0.2, 0.25) is 0 Å². The summed E-state index contributed by atoms with van der Waals surface area (Å²) >= 11 is 0. The van der Waals surface area contributed by atoms with Gasteiger partial charge in [-0.2, -0.15) is 0 Å². The number of methoxy groups -OCH3 is 1. The molecule has 32 heavy (non-hydrogen) atoms. The fourth-order valence-electron chi connectivity index (χ4n) is 4.41.